The minimum Gasteiger partial charge on any atom is -0.467 e. The Morgan fingerprint density at radius 1 is 1.57 bits per heavy atom. The van der Waals surface area contributed by atoms with Crippen molar-refractivity contribution in [3.8, 4) is 0 Å². The lowest BCUT2D eigenvalue weighted by Crippen LogP contribution is -2.57. The molecule has 0 spiro atoms. The van der Waals surface area contributed by atoms with Crippen LogP contribution in [0.15, 0.2) is 0 Å². The Labute approximate surface area is 84.8 Å². The predicted octanol–water partition coefficient (Wildman–Crippen LogP) is 0.251. The van der Waals surface area contributed by atoms with Crippen molar-refractivity contribution in [1.29, 1.82) is 0 Å². The van der Waals surface area contributed by atoms with Crippen LogP contribution in [0.3, 0.4) is 0 Å². The summed E-state index contributed by atoms with van der Waals surface area (Å²) in [6.07, 6.45) is 0.442. The number of hydrogen-bond donors (Lipinski definition) is 1. The minimum absolute atomic E-state index is 0.0869. The third-order valence-corrected chi connectivity index (χ3v) is 3.28. The topological polar surface area (TPSA) is 49.8 Å². The van der Waals surface area contributed by atoms with Crippen molar-refractivity contribution in [3.63, 3.8) is 0 Å². The molecule has 1 aliphatic rings. The Hall–Kier alpha value is -0.610. The Kier molecular flexibility index (Phi) is 3.17. The predicted molar refractivity (Wildman–Crippen MR) is 52.8 cm³/mol. The van der Waals surface area contributed by atoms with Crippen molar-refractivity contribution >= 4 is 5.97 Å². The van der Waals surface area contributed by atoms with Crippen LogP contribution in [0.1, 0.15) is 20.3 Å². The van der Waals surface area contributed by atoms with Crippen molar-refractivity contribution in [2.75, 3.05) is 20.7 Å². The first-order chi connectivity index (χ1) is 6.41. The molecule has 0 amide bonds. The number of rotatable bonds is 1. The number of methoxy groups -OCH3 is 1. The Balaban J connectivity index is 2.83. The molecule has 0 aliphatic carbocycles. The van der Waals surface area contributed by atoms with E-state index in [-0.39, 0.29) is 12.0 Å². The van der Waals surface area contributed by atoms with Gasteiger partial charge in [-0.2, -0.15) is 0 Å². The van der Waals surface area contributed by atoms with Gasteiger partial charge in [0.1, 0.15) is 0 Å². The maximum atomic E-state index is 11.5. The molecular formula is C10H19NO3. The summed E-state index contributed by atoms with van der Waals surface area (Å²) in [5.41, 5.74) is -1.30. The number of aliphatic hydroxyl groups is 1. The molecule has 0 saturated carbocycles. The zero-order valence-electron chi connectivity index (χ0n) is 9.28. The zero-order valence-corrected chi connectivity index (χ0v) is 9.28. The smallest absolute Gasteiger partial charge is 0.338 e. The number of ether oxygens (including phenoxy) is 1. The molecule has 1 saturated heterocycles. The molecule has 82 valence electrons. The highest BCUT2D eigenvalue weighted by atomic mass is 16.5. The summed E-state index contributed by atoms with van der Waals surface area (Å²) in [7, 11) is 3.31. The van der Waals surface area contributed by atoms with Crippen LogP contribution >= 0.6 is 0 Å². The summed E-state index contributed by atoms with van der Waals surface area (Å²) in [6.45, 7) is 4.59. The molecule has 0 aromatic heterocycles. The molecule has 1 N–H and O–H groups in total. The Bertz CT molecular complexity index is 231. The van der Waals surface area contributed by atoms with Crippen molar-refractivity contribution in [2.45, 2.75) is 31.9 Å². The lowest BCUT2D eigenvalue weighted by Gasteiger charge is -2.43. The van der Waals surface area contributed by atoms with E-state index in [0.717, 1.165) is 0 Å². The maximum Gasteiger partial charge on any atom is 0.338 e. The number of carbonyl (C=O) groups excluding carboxylic acids is 1. The first-order valence-corrected chi connectivity index (χ1v) is 4.93. The van der Waals surface area contributed by atoms with E-state index in [9.17, 15) is 9.90 Å². The number of carbonyl (C=O) groups is 1. The lowest BCUT2D eigenvalue weighted by atomic mass is 9.79. The lowest BCUT2D eigenvalue weighted by molar-refractivity contribution is -0.176. The first-order valence-electron chi connectivity index (χ1n) is 4.93. The summed E-state index contributed by atoms with van der Waals surface area (Å²) < 4.78 is 4.64. The average Bonchev–Trinajstić information content (AvgIpc) is 2.13. The third kappa shape index (κ3) is 1.77. The molecule has 1 rings (SSSR count). The number of piperidine rings is 1. The van der Waals surface area contributed by atoms with E-state index in [1.165, 1.54) is 7.11 Å². The molecule has 1 fully saturated rings. The summed E-state index contributed by atoms with van der Waals surface area (Å²) in [5, 5.41) is 10.2. The Morgan fingerprint density at radius 2 is 2.14 bits per heavy atom. The minimum atomic E-state index is -1.30. The summed E-state index contributed by atoms with van der Waals surface area (Å²) in [6, 6.07) is 0.204. The van der Waals surface area contributed by atoms with Gasteiger partial charge in [0.2, 0.25) is 0 Å². The molecule has 0 aromatic carbocycles. The second kappa shape index (κ2) is 3.87. The van der Waals surface area contributed by atoms with Gasteiger partial charge in [-0.15, -0.1) is 0 Å². The molecule has 0 radical (unpaired) electrons. The number of esters is 1. The molecule has 14 heavy (non-hydrogen) atoms. The van der Waals surface area contributed by atoms with Gasteiger partial charge in [0.25, 0.3) is 0 Å². The summed E-state index contributed by atoms with van der Waals surface area (Å²) >= 11 is 0. The van der Waals surface area contributed by atoms with Gasteiger partial charge in [0.15, 0.2) is 5.60 Å². The van der Waals surface area contributed by atoms with Crippen molar-refractivity contribution in [2.24, 2.45) is 5.92 Å². The highest BCUT2D eigenvalue weighted by Gasteiger charge is 2.47. The van der Waals surface area contributed by atoms with Crippen LogP contribution in [0, 0.1) is 5.92 Å². The summed E-state index contributed by atoms with van der Waals surface area (Å²) in [4.78, 5) is 13.6. The molecule has 0 bridgehead atoms. The monoisotopic (exact) mass is 201 g/mol. The molecule has 1 heterocycles. The van der Waals surface area contributed by atoms with Crippen LogP contribution in [0.25, 0.3) is 0 Å². The van der Waals surface area contributed by atoms with E-state index in [0.29, 0.717) is 13.0 Å². The van der Waals surface area contributed by atoms with Gasteiger partial charge in [0.05, 0.1) is 7.11 Å². The van der Waals surface area contributed by atoms with Gasteiger partial charge in [-0.3, -0.25) is 0 Å². The fraction of sp³-hybridized carbons (Fsp3) is 0.900. The number of likely N-dealkylation sites (tertiary alicyclic amines) is 1. The fourth-order valence-electron chi connectivity index (χ4n) is 2.03. The first kappa shape index (κ1) is 11.5. The van der Waals surface area contributed by atoms with E-state index < -0.39 is 11.6 Å². The van der Waals surface area contributed by atoms with Gasteiger partial charge in [-0.05, 0) is 14.0 Å². The highest BCUT2D eigenvalue weighted by Crippen LogP contribution is 2.31. The SMILES string of the molecule is COC(=O)[C@@]1(O)C[C@@H](C)N(C)C[C@@H]1C. The molecular weight excluding hydrogens is 182 g/mol. The largest absolute Gasteiger partial charge is 0.467 e. The molecule has 4 nitrogen and oxygen atoms in total. The average molecular weight is 201 g/mol. The molecule has 0 unspecified atom stereocenters. The van der Waals surface area contributed by atoms with Gasteiger partial charge in [-0.1, -0.05) is 6.92 Å². The summed E-state index contributed by atoms with van der Waals surface area (Å²) in [5.74, 6) is -0.596. The molecule has 1 aliphatic heterocycles. The van der Waals surface area contributed by atoms with E-state index in [4.69, 9.17) is 0 Å². The van der Waals surface area contributed by atoms with E-state index in [1.54, 1.807) is 0 Å². The van der Waals surface area contributed by atoms with Gasteiger partial charge < -0.3 is 14.7 Å². The van der Waals surface area contributed by atoms with Crippen LogP contribution < -0.4 is 0 Å². The van der Waals surface area contributed by atoms with E-state index in [2.05, 4.69) is 9.64 Å². The van der Waals surface area contributed by atoms with E-state index >= 15 is 0 Å². The molecule has 4 heteroatoms. The second-order valence-electron chi connectivity index (χ2n) is 4.31. The standard InChI is InChI=1S/C10H19NO3/c1-7-6-11(3)8(2)5-10(7,13)9(12)14-4/h7-8,13H,5-6H2,1-4H3/t7-,8+,10+/m0/s1. The Morgan fingerprint density at radius 3 is 2.64 bits per heavy atom. The van der Waals surface area contributed by atoms with Crippen LogP contribution in [0.4, 0.5) is 0 Å². The van der Waals surface area contributed by atoms with Crippen LogP contribution in [0.2, 0.25) is 0 Å². The normalized spacial score (nSPS) is 39.5. The maximum absolute atomic E-state index is 11.5. The van der Waals surface area contributed by atoms with Crippen molar-refractivity contribution < 1.29 is 14.6 Å². The van der Waals surface area contributed by atoms with Gasteiger partial charge in [0, 0.05) is 24.9 Å². The number of hydrogen-bond acceptors (Lipinski definition) is 4. The third-order valence-electron chi connectivity index (χ3n) is 3.28. The van der Waals surface area contributed by atoms with Crippen LogP contribution in [0.5, 0.6) is 0 Å². The fourth-order valence-corrected chi connectivity index (χ4v) is 2.03. The quantitative estimate of drug-likeness (QED) is 0.618. The van der Waals surface area contributed by atoms with Gasteiger partial charge in [-0.25, -0.2) is 4.79 Å². The number of nitrogens with zero attached hydrogens (tertiary/aromatic N) is 1. The van der Waals surface area contributed by atoms with Crippen molar-refractivity contribution in [1.82, 2.24) is 4.90 Å². The molecule has 3 atom stereocenters. The zero-order chi connectivity index (χ0) is 10.9. The van der Waals surface area contributed by atoms with Crippen LogP contribution in [-0.2, 0) is 9.53 Å². The highest BCUT2D eigenvalue weighted by molar-refractivity contribution is 5.79. The van der Waals surface area contributed by atoms with Gasteiger partial charge >= 0.3 is 5.97 Å². The van der Waals surface area contributed by atoms with Crippen molar-refractivity contribution in [3.05, 3.63) is 0 Å². The molecule has 0 aromatic rings. The van der Waals surface area contributed by atoms with E-state index in [1.807, 2.05) is 20.9 Å². The second-order valence-corrected chi connectivity index (χ2v) is 4.31. The van der Waals surface area contributed by atoms with Crippen LogP contribution in [-0.4, -0.2) is 48.3 Å².